The monoisotopic (exact) mass is 438 g/mol. The van der Waals surface area contributed by atoms with Crippen LogP contribution in [0.2, 0.25) is 0 Å². The van der Waals surface area contributed by atoms with E-state index in [9.17, 15) is 9.59 Å². The van der Waals surface area contributed by atoms with Crippen LogP contribution in [0.3, 0.4) is 0 Å². The number of carbonyl (C=O) groups excluding carboxylic acids is 2. The van der Waals surface area contributed by atoms with Crippen molar-refractivity contribution in [3.05, 3.63) is 45.4 Å². The van der Waals surface area contributed by atoms with Crippen LogP contribution in [0.4, 0.5) is 5.13 Å². The van der Waals surface area contributed by atoms with Gasteiger partial charge in [-0.3, -0.25) is 20.4 Å². The van der Waals surface area contributed by atoms with Gasteiger partial charge in [0.25, 0.3) is 5.91 Å². The Kier molecular flexibility index (Phi) is 6.59. The summed E-state index contributed by atoms with van der Waals surface area (Å²) in [6.07, 6.45) is 0.861. The van der Waals surface area contributed by atoms with Crippen molar-refractivity contribution in [3.8, 4) is 0 Å². The molecule has 1 aromatic carbocycles. The van der Waals surface area contributed by atoms with E-state index in [4.69, 9.17) is 4.74 Å². The number of aromatic nitrogens is 1. The van der Waals surface area contributed by atoms with Crippen molar-refractivity contribution < 1.29 is 14.3 Å². The second-order valence-electron chi connectivity index (χ2n) is 5.71. The number of benzene rings is 1. The van der Waals surface area contributed by atoms with Gasteiger partial charge in [0.1, 0.15) is 5.69 Å². The van der Waals surface area contributed by atoms with Gasteiger partial charge in [-0.2, -0.15) is 0 Å². The fourth-order valence-corrected chi connectivity index (χ4v) is 3.81. The third-order valence-corrected chi connectivity index (χ3v) is 5.58. The van der Waals surface area contributed by atoms with Crippen molar-refractivity contribution in [2.45, 2.75) is 12.8 Å². The molecule has 2 heterocycles. The summed E-state index contributed by atoms with van der Waals surface area (Å²) in [6.45, 7) is 2.85. The molecule has 1 fully saturated rings. The SMILES string of the molecule is O=C(CCc1ccccc1Br)NNC(=O)c1csc(N2CCOCC2)n1. The average Bonchev–Trinajstić information content (AvgIpc) is 3.16. The largest absolute Gasteiger partial charge is 0.378 e. The zero-order valence-electron chi connectivity index (χ0n) is 14.0. The van der Waals surface area contributed by atoms with Crippen LogP contribution in [0.15, 0.2) is 34.1 Å². The molecule has 0 atom stereocenters. The average molecular weight is 439 g/mol. The molecule has 0 bridgehead atoms. The Labute approximate surface area is 163 Å². The highest BCUT2D eigenvalue weighted by molar-refractivity contribution is 9.10. The molecule has 9 heteroatoms. The van der Waals surface area contributed by atoms with Crippen LogP contribution in [-0.2, 0) is 16.0 Å². The summed E-state index contributed by atoms with van der Waals surface area (Å²) in [5, 5.41) is 2.48. The molecular weight excluding hydrogens is 420 g/mol. The number of nitrogens with zero attached hydrogens (tertiary/aromatic N) is 2. The van der Waals surface area contributed by atoms with E-state index in [-0.39, 0.29) is 12.3 Å². The van der Waals surface area contributed by atoms with Gasteiger partial charge in [0.05, 0.1) is 13.2 Å². The molecule has 0 radical (unpaired) electrons. The number of hydrogen-bond acceptors (Lipinski definition) is 6. The lowest BCUT2D eigenvalue weighted by molar-refractivity contribution is -0.121. The first kappa shape index (κ1) is 18.8. The molecule has 2 amide bonds. The molecule has 2 N–H and O–H groups in total. The van der Waals surface area contributed by atoms with Gasteiger partial charge in [0, 0.05) is 29.4 Å². The molecule has 1 aliphatic heterocycles. The minimum Gasteiger partial charge on any atom is -0.378 e. The molecule has 1 aromatic heterocycles. The number of hydrazine groups is 1. The molecule has 138 valence electrons. The van der Waals surface area contributed by atoms with Crippen molar-refractivity contribution in [2.75, 3.05) is 31.2 Å². The number of halogens is 1. The van der Waals surface area contributed by atoms with Gasteiger partial charge in [-0.05, 0) is 18.1 Å². The van der Waals surface area contributed by atoms with Gasteiger partial charge in [0.15, 0.2) is 5.13 Å². The van der Waals surface area contributed by atoms with Crippen molar-refractivity contribution >= 4 is 44.2 Å². The predicted molar refractivity (Wildman–Crippen MR) is 103 cm³/mol. The lowest BCUT2D eigenvalue weighted by atomic mass is 10.1. The van der Waals surface area contributed by atoms with E-state index in [0.29, 0.717) is 25.3 Å². The number of amides is 2. The molecule has 0 saturated carbocycles. The van der Waals surface area contributed by atoms with E-state index < -0.39 is 5.91 Å². The van der Waals surface area contributed by atoms with Crippen molar-refractivity contribution in [3.63, 3.8) is 0 Å². The predicted octanol–water partition coefficient (Wildman–Crippen LogP) is 2.14. The summed E-state index contributed by atoms with van der Waals surface area (Å²) < 4.78 is 6.28. The molecule has 3 rings (SSSR count). The topological polar surface area (TPSA) is 83.6 Å². The highest BCUT2D eigenvalue weighted by Crippen LogP contribution is 2.21. The molecule has 0 unspecified atom stereocenters. The third-order valence-electron chi connectivity index (χ3n) is 3.90. The molecule has 0 aliphatic carbocycles. The van der Waals surface area contributed by atoms with E-state index in [2.05, 4.69) is 36.7 Å². The number of anilines is 1. The van der Waals surface area contributed by atoms with Crippen molar-refractivity contribution in [2.24, 2.45) is 0 Å². The van der Waals surface area contributed by atoms with E-state index in [1.807, 2.05) is 24.3 Å². The van der Waals surface area contributed by atoms with Crippen LogP contribution >= 0.6 is 27.3 Å². The van der Waals surface area contributed by atoms with Crippen LogP contribution in [0.5, 0.6) is 0 Å². The lowest BCUT2D eigenvalue weighted by Gasteiger charge is -2.25. The van der Waals surface area contributed by atoms with Gasteiger partial charge in [-0.15, -0.1) is 11.3 Å². The Morgan fingerprint density at radius 3 is 2.77 bits per heavy atom. The van der Waals surface area contributed by atoms with E-state index in [0.717, 1.165) is 28.3 Å². The number of morpholine rings is 1. The first-order chi connectivity index (χ1) is 12.6. The van der Waals surface area contributed by atoms with Crippen LogP contribution in [-0.4, -0.2) is 43.1 Å². The van der Waals surface area contributed by atoms with Gasteiger partial charge >= 0.3 is 0 Å². The molecule has 26 heavy (non-hydrogen) atoms. The van der Waals surface area contributed by atoms with Crippen LogP contribution < -0.4 is 15.8 Å². The number of thiazole rings is 1. The quantitative estimate of drug-likeness (QED) is 0.698. The Morgan fingerprint density at radius 1 is 1.23 bits per heavy atom. The molecular formula is C17H19BrN4O3S. The van der Waals surface area contributed by atoms with Crippen LogP contribution in [0.25, 0.3) is 0 Å². The second-order valence-corrected chi connectivity index (χ2v) is 7.40. The van der Waals surface area contributed by atoms with Crippen LogP contribution in [0.1, 0.15) is 22.5 Å². The fourth-order valence-electron chi connectivity index (χ4n) is 2.47. The number of aryl methyl sites for hydroxylation is 1. The maximum atomic E-state index is 12.1. The van der Waals surface area contributed by atoms with Crippen molar-refractivity contribution in [1.29, 1.82) is 0 Å². The summed E-state index contributed by atoms with van der Waals surface area (Å²) >= 11 is 4.86. The van der Waals surface area contributed by atoms with Gasteiger partial charge in [-0.1, -0.05) is 34.1 Å². The van der Waals surface area contributed by atoms with E-state index in [1.54, 1.807) is 5.38 Å². The minimum absolute atomic E-state index is 0.252. The zero-order chi connectivity index (χ0) is 18.4. The highest BCUT2D eigenvalue weighted by atomic mass is 79.9. The number of rotatable bonds is 5. The third kappa shape index (κ3) is 5.03. The normalized spacial score (nSPS) is 14.1. The van der Waals surface area contributed by atoms with Gasteiger partial charge in [-0.25, -0.2) is 4.98 Å². The Hall–Kier alpha value is -1.97. The number of ether oxygens (including phenoxy) is 1. The number of carbonyl (C=O) groups is 2. The summed E-state index contributed by atoms with van der Waals surface area (Å²) in [4.78, 5) is 30.5. The minimum atomic E-state index is -0.421. The van der Waals surface area contributed by atoms with Crippen LogP contribution in [0, 0.1) is 0 Å². The van der Waals surface area contributed by atoms with Gasteiger partial charge in [0.2, 0.25) is 5.91 Å². The van der Waals surface area contributed by atoms with Crippen molar-refractivity contribution in [1.82, 2.24) is 15.8 Å². The van der Waals surface area contributed by atoms with Gasteiger partial charge < -0.3 is 9.64 Å². The summed E-state index contributed by atoms with van der Waals surface area (Å²) in [5.41, 5.74) is 6.19. The number of hydrogen-bond donors (Lipinski definition) is 2. The Bertz CT molecular complexity index is 777. The maximum Gasteiger partial charge on any atom is 0.289 e. The Balaban J connectivity index is 1.45. The first-order valence-corrected chi connectivity index (χ1v) is 9.91. The smallest absolute Gasteiger partial charge is 0.289 e. The van der Waals surface area contributed by atoms with E-state index in [1.165, 1.54) is 11.3 Å². The Morgan fingerprint density at radius 2 is 2.00 bits per heavy atom. The molecule has 0 spiro atoms. The fraction of sp³-hybridized carbons (Fsp3) is 0.353. The summed E-state index contributed by atoms with van der Waals surface area (Å²) in [5.74, 6) is -0.673. The summed E-state index contributed by atoms with van der Waals surface area (Å²) in [7, 11) is 0. The van der Waals surface area contributed by atoms with E-state index >= 15 is 0 Å². The second kappa shape index (κ2) is 9.11. The summed E-state index contributed by atoms with van der Waals surface area (Å²) in [6, 6.07) is 7.74. The maximum absolute atomic E-state index is 12.1. The first-order valence-electron chi connectivity index (χ1n) is 8.24. The standard InChI is InChI=1S/C17H19BrN4O3S/c18-13-4-2-1-3-12(13)5-6-15(23)20-21-16(24)14-11-26-17(19-14)22-7-9-25-10-8-22/h1-4,11H,5-10H2,(H,20,23)(H,21,24). The lowest BCUT2D eigenvalue weighted by Crippen LogP contribution is -2.42. The molecule has 1 saturated heterocycles. The molecule has 1 aliphatic rings. The zero-order valence-corrected chi connectivity index (χ0v) is 16.4. The number of nitrogens with one attached hydrogen (secondary N) is 2. The highest BCUT2D eigenvalue weighted by Gasteiger charge is 2.17. The molecule has 2 aromatic rings. The molecule has 7 nitrogen and oxygen atoms in total.